The molecule has 0 aromatic rings. The minimum absolute atomic E-state index is 0.106. The molecule has 25 heteroatoms. The molecule has 14 N–H and O–H groups in total. The molecule has 0 saturated heterocycles. The molecular weight excluding hydrogens is 797 g/mol. The van der Waals surface area contributed by atoms with Crippen LogP contribution in [0, 0.1) is 0 Å². The summed E-state index contributed by atoms with van der Waals surface area (Å²) in [4.78, 5) is 91.5. The van der Waals surface area contributed by atoms with Crippen molar-refractivity contribution in [3.05, 3.63) is 0 Å². The normalized spacial score (nSPS) is 14.2. The lowest BCUT2D eigenvalue weighted by molar-refractivity contribution is -0.142. The smallest absolute Gasteiger partial charge is 0.327 e. The van der Waals surface area contributed by atoms with Gasteiger partial charge in [0.05, 0.1) is 6.54 Å². The first kappa shape index (κ1) is 57.1. The van der Waals surface area contributed by atoms with E-state index in [0.717, 1.165) is 0 Å². The molecule has 5 atom stereocenters. The summed E-state index contributed by atoms with van der Waals surface area (Å²) in [5.74, 6) is -6.05. The van der Waals surface area contributed by atoms with E-state index < -0.39 is 69.5 Å². The van der Waals surface area contributed by atoms with Crippen LogP contribution in [-0.2, 0) is 38.4 Å². The summed E-state index contributed by atoms with van der Waals surface area (Å²) in [6, 6.07) is -4.51. The van der Waals surface area contributed by atoms with E-state index in [1.165, 1.54) is 20.2 Å². The van der Waals surface area contributed by atoms with Crippen molar-refractivity contribution in [2.75, 3.05) is 24.6 Å². The van der Waals surface area contributed by atoms with Gasteiger partial charge in [-0.3, -0.25) is 29.0 Å². The van der Waals surface area contributed by atoms with Gasteiger partial charge in [-0.05, 0) is 27.7 Å². The Morgan fingerprint density at radius 3 is 1.41 bits per heavy atom. The van der Waals surface area contributed by atoms with Gasteiger partial charge in [0.1, 0.15) is 36.5 Å². The van der Waals surface area contributed by atoms with Gasteiger partial charge < -0.3 is 58.7 Å². The van der Waals surface area contributed by atoms with Gasteiger partial charge in [0, 0.05) is 59.9 Å². The molecule has 3 amide bonds. The molecule has 54 heavy (non-hydrogen) atoms. The molecule has 312 valence electrons. The second-order valence-electron chi connectivity index (χ2n) is 11.8. The molecule has 1 aliphatic rings. The molecule has 0 aliphatic carbocycles. The number of hydrogen-bond donors (Lipinski definition) is 15. The van der Waals surface area contributed by atoms with Crippen LogP contribution in [0.4, 0.5) is 0 Å². The molecule has 21 nitrogen and oxygen atoms in total. The SMILES string of the molecule is CC(=O)NC(C(=O)O)C(C)(C)S.CC(=O)NC(CS)C(=O)O.CC(C)(S)C(N)C(=O)O.NC(CS)C(=O)O.NCCC(=O)N[C@H](CC1=NC=NC1)C(=O)O. The van der Waals surface area contributed by atoms with Crippen LogP contribution in [0.1, 0.15) is 54.4 Å². The van der Waals surface area contributed by atoms with E-state index in [1.54, 1.807) is 27.7 Å². The van der Waals surface area contributed by atoms with Gasteiger partial charge in [0.15, 0.2) is 0 Å². The highest BCUT2D eigenvalue weighted by Gasteiger charge is 2.32. The Labute approximate surface area is 334 Å². The predicted octanol–water partition coefficient (Wildman–Crippen LogP) is -2.00. The number of carboxylic acid groups (broad SMARTS) is 5. The van der Waals surface area contributed by atoms with Crippen LogP contribution in [0.3, 0.4) is 0 Å². The average Bonchev–Trinajstić information content (AvgIpc) is 3.54. The standard InChI is InChI=1S/C9H14N4O3.C7H13NO3S.C5H9NO3S.C5H11NO2S.C3H7NO2S/c10-2-1-8(14)13-7(9(15)16)3-6-4-11-5-12-6;1-4(9)8-5(6(10)11)7(2,3)12;1-3(7)6-4(2-10)5(8)9;1-5(2,9)3(6)4(7)8;4-2(1-7)3(5)6/h5,7H,1-4,10H2,(H,13,14)(H,15,16);5,12H,1-3H3,(H,8,9)(H,10,11);4,10H,2H2,1H3,(H,6,7)(H,8,9);3,9H,6H2,1-2H3,(H,7,8);2,7H,1,4H2,(H,5,6)/t7-;;;;/m1..../s1. The zero-order valence-corrected chi connectivity index (χ0v) is 34.2. The fourth-order valence-corrected chi connectivity index (χ4v) is 3.50. The molecule has 0 fully saturated rings. The molecule has 0 saturated carbocycles. The van der Waals surface area contributed by atoms with E-state index in [0.29, 0.717) is 12.3 Å². The molecule has 1 aliphatic heterocycles. The van der Waals surface area contributed by atoms with Crippen LogP contribution < -0.4 is 33.2 Å². The maximum atomic E-state index is 11.2. The Hall–Kier alpha value is -3.62. The summed E-state index contributed by atoms with van der Waals surface area (Å²) < 4.78 is -1.41. The maximum Gasteiger partial charge on any atom is 0.327 e. The van der Waals surface area contributed by atoms with Crippen molar-refractivity contribution in [3.63, 3.8) is 0 Å². The van der Waals surface area contributed by atoms with E-state index in [4.69, 9.17) is 42.7 Å². The molecule has 4 unspecified atom stereocenters. The second kappa shape index (κ2) is 29.7. The average molecular weight is 851 g/mol. The van der Waals surface area contributed by atoms with Gasteiger partial charge >= 0.3 is 29.8 Å². The third-order valence-corrected chi connectivity index (χ3v) is 7.04. The summed E-state index contributed by atoms with van der Waals surface area (Å²) in [6.45, 7) is 9.72. The molecule has 0 radical (unpaired) electrons. The number of nitrogens with zero attached hydrogens (tertiary/aromatic N) is 2. The number of carbonyl (C=O) groups excluding carboxylic acids is 3. The van der Waals surface area contributed by atoms with Crippen molar-refractivity contribution in [2.24, 2.45) is 27.2 Å². The van der Waals surface area contributed by atoms with Crippen LogP contribution >= 0.6 is 50.5 Å². The van der Waals surface area contributed by atoms with E-state index in [2.05, 4.69) is 76.5 Å². The van der Waals surface area contributed by atoms with Gasteiger partial charge in [-0.15, -0.1) is 0 Å². The number of thiol groups is 4. The molecule has 1 heterocycles. The lowest BCUT2D eigenvalue weighted by atomic mass is 10.0. The maximum absolute atomic E-state index is 11.2. The number of aliphatic imine (C=N–C) groups is 2. The second-order valence-corrected chi connectivity index (χ2v) is 14.9. The van der Waals surface area contributed by atoms with Crippen LogP contribution in [-0.4, -0.2) is 149 Å². The third kappa shape index (κ3) is 31.9. The highest BCUT2D eigenvalue weighted by Crippen LogP contribution is 2.17. The number of nitrogens with two attached hydrogens (primary N) is 3. The van der Waals surface area contributed by atoms with E-state index >= 15 is 0 Å². The van der Waals surface area contributed by atoms with Crippen molar-refractivity contribution in [1.82, 2.24) is 16.0 Å². The molecule has 1 rings (SSSR count). The van der Waals surface area contributed by atoms with Gasteiger partial charge in [-0.2, -0.15) is 50.5 Å². The van der Waals surface area contributed by atoms with Crippen molar-refractivity contribution < 1.29 is 63.9 Å². The van der Waals surface area contributed by atoms with Crippen LogP contribution in [0.25, 0.3) is 0 Å². The number of aliphatic carboxylic acids is 5. The molecular formula is C29H54N8O13S4. The van der Waals surface area contributed by atoms with Crippen LogP contribution in [0.15, 0.2) is 9.98 Å². The fraction of sp³-hybridized carbons (Fsp3) is 0.655. The molecule has 0 bridgehead atoms. The van der Waals surface area contributed by atoms with Gasteiger partial charge in [-0.1, -0.05) is 0 Å². The Bertz CT molecular complexity index is 1310. The molecule has 0 spiro atoms. The Kier molecular flexibility index (Phi) is 31.4. The summed E-state index contributed by atoms with van der Waals surface area (Å²) in [7, 11) is 0. The van der Waals surface area contributed by atoms with Crippen LogP contribution in [0.5, 0.6) is 0 Å². The molecule has 0 aromatic carbocycles. The first-order valence-electron chi connectivity index (χ1n) is 15.4. The monoisotopic (exact) mass is 850 g/mol. The summed E-state index contributed by atoms with van der Waals surface area (Å²) in [5, 5.41) is 49.2. The van der Waals surface area contributed by atoms with E-state index in [1.807, 2.05) is 0 Å². The zero-order valence-electron chi connectivity index (χ0n) is 30.6. The lowest BCUT2D eigenvalue weighted by Crippen LogP contribution is -2.50. The topological polar surface area (TPSA) is 377 Å². The minimum Gasteiger partial charge on any atom is -0.480 e. The van der Waals surface area contributed by atoms with Crippen molar-refractivity contribution in [1.29, 1.82) is 0 Å². The predicted molar refractivity (Wildman–Crippen MR) is 214 cm³/mol. The van der Waals surface area contributed by atoms with E-state index in [9.17, 15) is 38.4 Å². The number of nitrogens with one attached hydrogen (secondary N) is 3. The summed E-state index contributed by atoms with van der Waals surface area (Å²) in [5.41, 5.74) is 16.0. The first-order chi connectivity index (χ1) is 24.5. The summed E-state index contributed by atoms with van der Waals surface area (Å²) in [6.07, 6.45) is 1.67. The van der Waals surface area contributed by atoms with Crippen molar-refractivity contribution in [2.45, 2.75) is 94.1 Å². The number of amides is 3. The zero-order chi connectivity index (χ0) is 43.6. The van der Waals surface area contributed by atoms with Gasteiger partial charge in [0.2, 0.25) is 17.7 Å². The first-order valence-corrected chi connectivity index (χ1v) is 17.5. The van der Waals surface area contributed by atoms with Gasteiger partial charge in [-0.25, -0.2) is 19.4 Å². The Balaban J connectivity index is -0.000000298. The number of carbonyl (C=O) groups is 8. The van der Waals surface area contributed by atoms with Crippen molar-refractivity contribution in [3.8, 4) is 0 Å². The Morgan fingerprint density at radius 2 is 1.22 bits per heavy atom. The minimum atomic E-state index is -1.08. The van der Waals surface area contributed by atoms with E-state index in [-0.39, 0.29) is 48.6 Å². The van der Waals surface area contributed by atoms with Crippen LogP contribution in [0.2, 0.25) is 0 Å². The molecule has 0 aromatic heterocycles. The highest BCUT2D eigenvalue weighted by molar-refractivity contribution is 7.82. The highest BCUT2D eigenvalue weighted by atomic mass is 32.1. The number of carboxylic acids is 5. The third-order valence-electron chi connectivity index (χ3n) is 5.74. The fourth-order valence-electron chi connectivity index (χ4n) is 2.81. The summed E-state index contributed by atoms with van der Waals surface area (Å²) >= 11 is 15.4. The Morgan fingerprint density at radius 1 is 0.741 bits per heavy atom. The van der Waals surface area contributed by atoms with Crippen molar-refractivity contribution >= 4 is 110 Å². The number of hydrogen-bond acceptors (Lipinski definition) is 17. The lowest BCUT2D eigenvalue weighted by Gasteiger charge is -2.26. The quantitative estimate of drug-likeness (QED) is 0.0747. The number of rotatable bonds is 16. The van der Waals surface area contributed by atoms with Gasteiger partial charge in [0.25, 0.3) is 0 Å². The largest absolute Gasteiger partial charge is 0.480 e.